The summed E-state index contributed by atoms with van der Waals surface area (Å²) >= 11 is 6.26. The zero-order valence-electron chi connectivity index (χ0n) is 13.4. The van der Waals surface area contributed by atoms with Crippen molar-refractivity contribution in [2.45, 2.75) is 19.9 Å². The molecule has 5 heteroatoms. The average molecular weight is 338 g/mol. The van der Waals surface area contributed by atoms with Crippen molar-refractivity contribution in [2.24, 2.45) is 4.99 Å². The maximum atomic E-state index is 10.3. The Morgan fingerprint density at radius 1 is 1.12 bits per heavy atom. The first-order chi connectivity index (χ1) is 11.6. The Kier molecular flexibility index (Phi) is 3.43. The van der Waals surface area contributed by atoms with Gasteiger partial charge in [-0.15, -0.1) is 0 Å². The molecule has 3 aromatic rings. The molecule has 0 aliphatic carbocycles. The molecule has 120 valence electrons. The molecule has 1 atom stereocenters. The third-order valence-corrected chi connectivity index (χ3v) is 4.52. The van der Waals surface area contributed by atoms with Crippen molar-refractivity contribution in [3.05, 3.63) is 76.2 Å². The minimum atomic E-state index is -0.229. The highest BCUT2D eigenvalue weighted by molar-refractivity contribution is 6.31. The van der Waals surface area contributed by atoms with Gasteiger partial charge >= 0.3 is 0 Å². The fourth-order valence-corrected chi connectivity index (χ4v) is 3.43. The van der Waals surface area contributed by atoms with Gasteiger partial charge in [-0.2, -0.15) is 4.98 Å². The SMILES string of the molecule is Cc1nc(O)c2n1-c1ccc(Cl)cc1C(c1ccccc1)=NC2C. The Labute approximate surface area is 145 Å². The predicted molar refractivity (Wildman–Crippen MR) is 95.5 cm³/mol. The molecule has 0 radical (unpaired) electrons. The molecule has 4 rings (SSSR count). The minimum Gasteiger partial charge on any atom is -0.492 e. The summed E-state index contributed by atoms with van der Waals surface area (Å²) in [5.74, 6) is 0.751. The van der Waals surface area contributed by atoms with Crippen LogP contribution in [0.2, 0.25) is 5.02 Å². The van der Waals surface area contributed by atoms with E-state index in [9.17, 15) is 5.11 Å². The Morgan fingerprint density at radius 3 is 2.62 bits per heavy atom. The van der Waals surface area contributed by atoms with Gasteiger partial charge in [0.15, 0.2) is 0 Å². The number of hydrogen-bond donors (Lipinski definition) is 1. The van der Waals surface area contributed by atoms with Gasteiger partial charge in [-0.25, -0.2) is 0 Å². The molecule has 1 aliphatic heterocycles. The lowest BCUT2D eigenvalue weighted by atomic mass is 10.0. The van der Waals surface area contributed by atoms with E-state index in [1.54, 1.807) is 0 Å². The van der Waals surface area contributed by atoms with Crippen LogP contribution in [0.4, 0.5) is 0 Å². The van der Waals surface area contributed by atoms with Crippen molar-refractivity contribution in [2.75, 3.05) is 0 Å². The Balaban J connectivity index is 2.08. The number of aromatic hydroxyl groups is 1. The second-order valence-corrected chi connectivity index (χ2v) is 6.32. The average Bonchev–Trinajstić information content (AvgIpc) is 2.79. The van der Waals surface area contributed by atoms with Gasteiger partial charge in [0.05, 0.1) is 17.4 Å². The van der Waals surface area contributed by atoms with Crippen LogP contribution in [-0.2, 0) is 0 Å². The molecular weight excluding hydrogens is 322 g/mol. The highest BCUT2D eigenvalue weighted by Gasteiger charge is 2.27. The predicted octanol–water partition coefficient (Wildman–Crippen LogP) is 4.45. The molecule has 1 unspecified atom stereocenters. The number of imidazole rings is 1. The maximum Gasteiger partial charge on any atom is 0.235 e. The van der Waals surface area contributed by atoms with E-state index in [0.717, 1.165) is 28.4 Å². The Hall–Kier alpha value is -2.59. The lowest BCUT2D eigenvalue weighted by Crippen LogP contribution is -2.08. The van der Waals surface area contributed by atoms with Crippen molar-refractivity contribution < 1.29 is 5.11 Å². The number of aliphatic imine (C=N–C) groups is 1. The second kappa shape index (κ2) is 5.49. The number of benzene rings is 2. The number of hydrogen-bond acceptors (Lipinski definition) is 3. The molecule has 2 heterocycles. The number of aryl methyl sites for hydroxylation is 1. The first kappa shape index (κ1) is 15.0. The van der Waals surface area contributed by atoms with Crippen LogP contribution < -0.4 is 0 Å². The van der Waals surface area contributed by atoms with Crippen molar-refractivity contribution >= 4 is 17.3 Å². The molecular formula is C19H16ClN3O. The van der Waals surface area contributed by atoms with Gasteiger partial charge < -0.3 is 5.11 Å². The molecule has 0 spiro atoms. The summed E-state index contributed by atoms with van der Waals surface area (Å²) in [5, 5.41) is 10.9. The van der Waals surface area contributed by atoms with Gasteiger partial charge in [0, 0.05) is 16.1 Å². The third-order valence-electron chi connectivity index (χ3n) is 4.28. The van der Waals surface area contributed by atoms with Crippen LogP contribution in [-0.4, -0.2) is 20.4 Å². The van der Waals surface area contributed by atoms with E-state index in [-0.39, 0.29) is 11.9 Å². The van der Waals surface area contributed by atoms with Crippen LogP contribution in [0.25, 0.3) is 5.69 Å². The lowest BCUT2D eigenvalue weighted by Gasteiger charge is -2.13. The highest BCUT2D eigenvalue weighted by atomic mass is 35.5. The van der Waals surface area contributed by atoms with E-state index in [4.69, 9.17) is 16.6 Å². The van der Waals surface area contributed by atoms with Crippen LogP contribution in [0.3, 0.4) is 0 Å². The molecule has 4 nitrogen and oxygen atoms in total. The smallest absolute Gasteiger partial charge is 0.235 e. The van der Waals surface area contributed by atoms with Gasteiger partial charge in [0.2, 0.25) is 5.88 Å². The summed E-state index contributed by atoms with van der Waals surface area (Å²) < 4.78 is 1.96. The number of fused-ring (bicyclic) bond motifs is 3. The van der Waals surface area contributed by atoms with E-state index in [0.29, 0.717) is 10.7 Å². The second-order valence-electron chi connectivity index (χ2n) is 5.88. The molecule has 0 fully saturated rings. The third kappa shape index (κ3) is 2.22. The van der Waals surface area contributed by atoms with E-state index in [1.807, 2.05) is 66.9 Å². The van der Waals surface area contributed by atoms with E-state index < -0.39 is 0 Å². The van der Waals surface area contributed by atoms with Crippen molar-refractivity contribution in [1.29, 1.82) is 0 Å². The maximum absolute atomic E-state index is 10.3. The fourth-order valence-electron chi connectivity index (χ4n) is 3.26. The van der Waals surface area contributed by atoms with Crippen molar-refractivity contribution in [3.8, 4) is 11.6 Å². The van der Waals surface area contributed by atoms with E-state index in [2.05, 4.69) is 4.98 Å². The van der Waals surface area contributed by atoms with Crippen LogP contribution in [0.15, 0.2) is 53.5 Å². The summed E-state index contributed by atoms with van der Waals surface area (Å²) in [5.41, 5.74) is 4.43. The quantitative estimate of drug-likeness (QED) is 0.713. The molecule has 0 saturated heterocycles. The summed E-state index contributed by atoms with van der Waals surface area (Å²) in [6.07, 6.45) is 0. The number of rotatable bonds is 1. The first-order valence-electron chi connectivity index (χ1n) is 7.78. The van der Waals surface area contributed by atoms with Gasteiger partial charge in [-0.1, -0.05) is 41.9 Å². The van der Waals surface area contributed by atoms with Crippen LogP contribution >= 0.6 is 11.6 Å². The molecule has 24 heavy (non-hydrogen) atoms. The number of nitrogens with zero attached hydrogens (tertiary/aromatic N) is 3. The van der Waals surface area contributed by atoms with Crippen molar-refractivity contribution in [1.82, 2.24) is 9.55 Å². The minimum absolute atomic E-state index is 0.0268. The summed E-state index contributed by atoms with van der Waals surface area (Å²) in [6, 6.07) is 15.5. The molecule has 2 aromatic carbocycles. The van der Waals surface area contributed by atoms with Gasteiger partial charge in [0.1, 0.15) is 11.5 Å². The topological polar surface area (TPSA) is 50.4 Å². The van der Waals surface area contributed by atoms with Crippen LogP contribution in [0.5, 0.6) is 5.88 Å². The number of halogens is 1. The monoisotopic (exact) mass is 337 g/mol. The molecule has 0 amide bonds. The zero-order chi connectivity index (χ0) is 16.8. The van der Waals surface area contributed by atoms with Crippen LogP contribution in [0, 0.1) is 6.92 Å². The van der Waals surface area contributed by atoms with Gasteiger partial charge in [0.25, 0.3) is 0 Å². The summed E-state index contributed by atoms with van der Waals surface area (Å²) in [6.45, 7) is 3.84. The number of aromatic nitrogens is 2. The summed E-state index contributed by atoms with van der Waals surface area (Å²) in [4.78, 5) is 9.10. The lowest BCUT2D eigenvalue weighted by molar-refractivity contribution is 0.444. The molecule has 0 bridgehead atoms. The summed E-state index contributed by atoms with van der Waals surface area (Å²) in [7, 11) is 0. The molecule has 1 N–H and O–H groups in total. The highest BCUT2D eigenvalue weighted by Crippen LogP contribution is 2.36. The molecule has 1 aliphatic rings. The van der Waals surface area contributed by atoms with Gasteiger partial charge in [-0.3, -0.25) is 9.56 Å². The largest absolute Gasteiger partial charge is 0.492 e. The van der Waals surface area contributed by atoms with Crippen molar-refractivity contribution in [3.63, 3.8) is 0 Å². The fraction of sp³-hybridized carbons (Fsp3) is 0.158. The molecule has 1 aromatic heterocycles. The standard InChI is InChI=1S/C19H16ClN3O/c1-11-18-19(24)22-12(2)23(18)16-9-8-14(20)10-15(16)17(21-11)13-6-4-3-5-7-13/h3-11,24H,1-2H3. The molecule has 0 saturated carbocycles. The first-order valence-corrected chi connectivity index (χ1v) is 8.16. The Morgan fingerprint density at radius 2 is 1.88 bits per heavy atom. The normalized spacial score (nSPS) is 16.1. The van der Waals surface area contributed by atoms with E-state index >= 15 is 0 Å². The Bertz CT molecular complexity index is 960. The zero-order valence-corrected chi connectivity index (χ0v) is 14.1. The van der Waals surface area contributed by atoms with E-state index in [1.165, 1.54) is 0 Å². The van der Waals surface area contributed by atoms with Crippen LogP contribution in [0.1, 0.15) is 35.6 Å². The van der Waals surface area contributed by atoms with Gasteiger partial charge in [-0.05, 0) is 32.0 Å².